The van der Waals surface area contributed by atoms with Gasteiger partial charge in [-0.2, -0.15) is 0 Å². The number of carbonyl (C=O) groups is 2. The molecule has 1 heterocycles. The highest BCUT2D eigenvalue weighted by atomic mass is 35.5. The first kappa shape index (κ1) is 14.4. The van der Waals surface area contributed by atoms with Gasteiger partial charge in [-0.15, -0.1) is 0 Å². The molecule has 0 spiro atoms. The standard InChI is InChI=1S/C13H13ClN2O4/c1-20-16(7-8-2-4-9(14)5-3-8)13(19)10-6-15-12(18)11(10)17/h2-5,17H,6-7H2,1H3,(H,15,18). The molecule has 0 bridgehead atoms. The number of nitrogens with one attached hydrogen (secondary N) is 1. The topological polar surface area (TPSA) is 78.9 Å². The summed E-state index contributed by atoms with van der Waals surface area (Å²) < 4.78 is 0. The Morgan fingerprint density at radius 3 is 2.60 bits per heavy atom. The quantitative estimate of drug-likeness (QED) is 0.818. The number of nitrogens with zero attached hydrogens (tertiary/aromatic N) is 1. The van der Waals surface area contributed by atoms with Gasteiger partial charge in [0, 0.05) is 5.02 Å². The lowest BCUT2D eigenvalue weighted by Gasteiger charge is -2.20. The van der Waals surface area contributed by atoms with Crippen molar-refractivity contribution in [3.05, 3.63) is 46.2 Å². The van der Waals surface area contributed by atoms with Crippen LogP contribution in [0.5, 0.6) is 0 Å². The fourth-order valence-electron chi connectivity index (χ4n) is 1.78. The van der Waals surface area contributed by atoms with Crippen molar-refractivity contribution in [1.29, 1.82) is 0 Å². The van der Waals surface area contributed by atoms with Gasteiger partial charge in [0.1, 0.15) is 0 Å². The third-order valence-electron chi connectivity index (χ3n) is 2.87. The molecule has 0 saturated carbocycles. The highest BCUT2D eigenvalue weighted by Gasteiger charge is 2.30. The summed E-state index contributed by atoms with van der Waals surface area (Å²) in [5, 5.41) is 13.5. The van der Waals surface area contributed by atoms with Crippen molar-refractivity contribution in [2.24, 2.45) is 0 Å². The van der Waals surface area contributed by atoms with Crippen molar-refractivity contribution in [3.8, 4) is 0 Å². The normalized spacial score (nSPS) is 14.4. The van der Waals surface area contributed by atoms with Crippen LogP contribution in [0, 0.1) is 0 Å². The van der Waals surface area contributed by atoms with Crippen molar-refractivity contribution in [1.82, 2.24) is 10.4 Å². The second kappa shape index (κ2) is 5.94. The molecule has 2 N–H and O–H groups in total. The third kappa shape index (κ3) is 2.92. The minimum atomic E-state index is -0.657. The van der Waals surface area contributed by atoms with E-state index in [9.17, 15) is 14.7 Å². The van der Waals surface area contributed by atoms with E-state index in [-0.39, 0.29) is 18.7 Å². The number of hydrogen-bond donors (Lipinski definition) is 2. The van der Waals surface area contributed by atoms with Gasteiger partial charge in [-0.3, -0.25) is 14.4 Å². The lowest BCUT2D eigenvalue weighted by atomic mass is 10.2. The first-order valence-corrected chi connectivity index (χ1v) is 6.21. The van der Waals surface area contributed by atoms with Crippen LogP contribution in [0.2, 0.25) is 5.02 Å². The maximum atomic E-state index is 12.2. The molecule has 0 aromatic heterocycles. The fraction of sp³-hybridized carbons (Fsp3) is 0.231. The number of aliphatic hydroxyl groups is 1. The number of benzene rings is 1. The number of hydroxylamine groups is 2. The molecular formula is C13H13ClN2O4. The van der Waals surface area contributed by atoms with Crippen LogP contribution in [0.15, 0.2) is 35.6 Å². The monoisotopic (exact) mass is 296 g/mol. The zero-order valence-electron chi connectivity index (χ0n) is 10.7. The van der Waals surface area contributed by atoms with Gasteiger partial charge in [0.25, 0.3) is 11.8 Å². The smallest absolute Gasteiger partial charge is 0.286 e. The van der Waals surface area contributed by atoms with E-state index in [2.05, 4.69) is 5.32 Å². The lowest BCUT2D eigenvalue weighted by molar-refractivity contribution is -0.174. The maximum absolute atomic E-state index is 12.2. The molecule has 0 fully saturated rings. The summed E-state index contributed by atoms with van der Waals surface area (Å²) >= 11 is 5.79. The molecule has 6 nitrogen and oxygen atoms in total. The minimum absolute atomic E-state index is 0.00851. The van der Waals surface area contributed by atoms with Crippen molar-refractivity contribution in [3.63, 3.8) is 0 Å². The molecule has 106 valence electrons. The molecule has 1 aliphatic heterocycles. The number of amides is 2. The third-order valence-corrected chi connectivity index (χ3v) is 3.12. The Balaban J connectivity index is 2.14. The fourth-order valence-corrected chi connectivity index (χ4v) is 1.90. The Morgan fingerprint density at radius 1 is 1.45 bits per heavy atom. The predicted octanol–water partition coefficient (Wildman–Crippen LogP) is 1.17. The minimum Gasteiger partial charge on any atom is -0.503 e. The Hall–Kier alpha value is -2.05. The van der Waals surface area contributed by atoms with Crippen molar-refractivity contribution in [2.75, 3.05) is 13.7 Å². The molecular weight excluding hydrogens is 284 g/mol. The van der Waals surface area contributed by atoms with Crippen LogP contribution in [0.1, 0.15) is 5.56 Å². The molecule has 1 aliphatic rings. The average Bonchev–Trinajstić information content (AvgIpc) is 2.78. The summed E-state index contributed by atoms with van der Waals surface area (Å²) in [4.78, 5) is 28.3. The Labute approximate surface area is 120 Å². The molecule has 7 heteroatoms. The van der Waals surface area contributed by atoms with E-state index < -0.39 is 17.6 Å². The van der Waals surface area contributed by atoms with Gasteiger partial charge in [-0.25, -0.2) is 5.06 Å². The summed E-state index contributed by atoms with van der Waals surface area (Å²) in [6.07, 6.45) is 0. The number of aliphatic hydroxyl groups excluding tert-OH is 1. The summed E-state index contributed by atoms with van der Waals surface area (Å²) in [6, 6.07) is 6.92. The lowest BCUT2D eigenvalue weighted by Crippen LogP contribution is -2.32. The van der Waals surface area contributed by atoms with Gasteiger partial charge < -0.3 is 10.4 Å². The highest BCUT2D eigenvalue weighted by molar-refractivity contribution is 6.30. The van der Waals surface area contributed by atoms with E-state index in [0.29, 0.717) is 5.02 Å². The predicted molar refractivity (Wildman–Crippen MR) is 71.7 cm³/mol. The van der Waals surface area contributed by atoms with Crippen LogP contribution in [0.4, 0.5) is 0 Å². The van der Waals surface area contributed by atoms with Gasteiger partial charge in [-0.1, -0.05) is 23.7 Å². The Kier molecular flexibility index (Phi) is 4.26. The summed E-state index contributed by atoms with van der Waals surface area (Å²) in [5.74, 6) is -1.78. The van der Waals surface area contributed by atoms with Crippen LogP contribution in [0.3, 0.4) is 0 Å². The summed E-state index contributed by atoms with van der Waals surface area (Å²) in [7, 11) is 1.34. The van der Waals surface area contributed by atoms with E-state index >= 15 is 0 Å². The highest BCUT2D eigenvalue weighted by Crippen LogP contribution is 2.16. The SMILES string of the molecule is CON(Cc1ccc(Cl)cc1)C(=O)C1=C(O)C(=O)NC1. The van der Waals surface area contributed by atoms with Crippen molar-refractivity contribution in [2.45, 2.75) is 6.54 Å². The number of hydrogen-bond acceptors (Lipinski definition) is 4. The van der Waals surface area contributed by atoms with E-state index in [0.717, 1.165) is 10.6 Å². The molecule has 0 aliphatic carbocycles. The van der Waals surface area contributed by atoms with Crippen LogP contribution in [-0.4, -0.2) is 35.6 Å². The zero-order valence-corrected chi connectivity index (χ0v) is 11.5. The van der Waals surface area contributed by atoms with Gasteiger partial charge in [0.2, 0.25) is 0 Å². The molecule has 0 saturated heterocycles. The average molecular weight is 297 g/mol. The molecule has 0 radical (unpaired) electrons. The molecule has 1 aromatic rings. The largest absolute Gasteiger partial charge is 0.503 e. The van der Waals surface area contributed by atoms with Crippen molar-refractivity contribution < 1.29 is 19.5 Å². The van der Waals surface area contributed by atoms with E-state index in [4.69, 9.17) is 16.4 Å². The molecule has 20 heavy (non-hydrogen) atoms. The maximum Gasteiger partial charge on any atom is 0.286 e. The molecule has 0 unspecified atom stereocenters. The first-order chi connectivity index (χ1) is 9.52. The Morgan fingerprint density at radius 2 is 2.10 bits per heavy atom. The molecule has 2 rings (SSSR count). The number of rotatable bonds is 4. The number of carbonyl (C=O) groups excluding carboxylic acids is 2. The van der Waals surface area contributed by atoms with Gasteiger partial charge in [0.05, 0.1) is 25.8 Å². The van der Waals surface area contributed by atoms with Gasteiger partial charge >= 0.3 is 0 Å². The Bertz CT molecular complexity index is 568. The molecule has 2 amide bonds. The van der Waals surface area contributed by atoms with E-state index in [1.165, 1.54) is 7.11 Å². The summed E-state index contributed by atoms with van der Waals surface area (Å²) in [5.41, 5.74) is 0.799. The van der Waals surface area contributed by atoms with Crippen LogP contribution < -0.4 is 5.32 Å². The second-order valence-electron chi connectivity index (χ2n) is 4.16. The molecule has 0 atom stereocenters. The molecule has 1 aromatic carbocycles. The van der Waals surface area contributed by atoms with Crippen LogP contribution in [-0.2, 0) is 21.0 Å². The summed E-state index contributed by atoms with van der Waals surface area (Å²) in [6.45, 7) is 0.168. The van der Waals surface area contributed by atoms with E-state index in [1.54, 1.807) is 24.3 Å². The van der Waals surface area contributed by atoms with Crippen LogP contribution in [0.25, 0.3) is 0 Å². The van der Waals surface area contributed by atoms with E-state index in [1.807, 2.05) is 0 Å². The zero-order chi connectivity index (χ0) is 14.7. The first-order valence-electron chi connectivity index (χ1n) is 5.83. The van der Waals surface area contributed by atoms with Crippen LogP contribution >= 0.6 is 11.6 Å². The van der Waals surface area contributed by atoms with Gasteiger partial charge in [0.15, 0.2) is 5.76 Å². The number of halogens is 1. The second-order valence-corrected chi connectivity index (χ2v) is 4.60. The van der Waals surface area contributed by atoms with Gasteiger partial charge in [-0.05, 0) is 17.7 Å². The van der Waals surface area contributed by atoms with Crippen molar-refractivity contribution >= 4 is 23.4 Å².